The number of hydrogen-bond acceptors (Lipinski definition) is 3. The molecule has 0 bridgehead atoms. The van der Waals surface area contributed by atoms with Crippen molar-refractivity contribution in [1.29, 1.82) is 0 Å². The Bertz CT molecular complexity index is 466. The summed E-state index contributed by atoms with van der Waals surface area (Å²) in [5, 5.41) is 4.02. The third-order valence-corrected chi connectivity index (χ3v) is 5.18. The third-order valence-electron chi connectivity index (χ3n) is 4.82. The molecule has 2 heterocycles. The van der Waals surface area contributed by atoms with Gasteiger partial charge in [0.2, 0.25) is 0 Å². The van der Waals surface area contributed by atoms with Crippen LogP contribution in [0.4, 0.5) is 4.39 Å². The van der Waals surface area contributed by atoms with Crippen LogP contribution in [0, 0.1) is 11.7 Å². The molecule has 3 rings (SSSR count). The van der Waals surface area contributed by atoms with Crippen molar-refractivity contribution in [3.05, 3.63) is 34.6 Å². The second-order valence-corrected chi connectivity index (χ2v) is 6.90. The molecule has 0 aliphatic carbocycles. The van der Waals surface area contributed by atoms with E-state index in [-0.39, 0.29) is 18.2 Å². The average Bonchev–Trinajstić information content (AvgIpc) is 2.54. The lowest BCUT2D eigenvalue weighted by Gasteiger charge is -2.37. The molecule has 23 heavy (non-hydrogen) atoms. The van der Waals surface area contributed by atoms with Crippen LogP contribution in [-0.4, -0.2) is 55.6 Å². The Kier molecular flexibility index (Phi) is 7.57. The molecule has 0 radical (unpaired) electrons. The number of nitrogens with one attached hydrogen (secondary N) is 1. The van der Waals surface area contributed by atoms with E-state index in [9.17, 15) is 4.39 Å². The molecule has 1 atom stereocenters. The van der Waals surface area contributed by atoms with Gasteiger partial charge in [0.05, 0.1) is 0 Å². The molecule has 3 nitrogen and oxygen atoms in total. The Morgan fingerprint density at radius 1 is 1.17 bits per heavy atom. The topological polar surface area (TPSA) is 18.5 Å². The zero-order valence-electron chi connectivity index (χ0n) is 13.4. The number of hydrogen-bond donors (Lipinski definition) is 1. The average molecular weight is 362 g/mol. The summed E-state index contributed by atoms with van der Waals surface area (Å²) in [6.45, 7) is 8.27. The monoisotopic (exact) mass is 361 g/mol. The van der Waals surface area contributed by atoms with Gasteiger partial charge in [-0.3, -0.25) is 4.90 Å². The molecule has 0 aromatic heterocycles. The smallest absolute Gasteiger partial charge is 0.129 e. The predicted octanol–water partition coefficient (Wildman–Crippen LogP) is 3.02. The van der Waals surface area contributed by atoms with Crippen molar-refractivity contribution in [3.8, 4) is 0 Å². The molecule has 2 saturated heterocycles. The van der Waals surface area contributed by atoms with E-state index in [4.69, 9.17) is 11.6 Å². The van der Waals surface area contributed by atoms with Crippen LogP contribution < -0.4 is 5.32 Å². The minimum absolute atomic E-state index is 0. The van der Waals surface area contributed by atoms with Crippen LogP contribution in [0.2, 0.25) is 5.02 Å². The molecule has 0 amide bonds. The van der Waals surface area contributed by atoms with Gasteiger partial charge >= 0.3 is 0 Å². The van der Waals surface area contributed by atoms with Crippen molar-refractivity contribution < 1.29 is 4.39 Å². The first-order valence-corrected chi connectivity index (χ1v) is 8.68. The zero-order chi connectivity index (χ0) is 15.4. The second kappa shape index (κ2) is 9.19. The number of rotatable bonds is 4. The highest BCUT2D eigenvalue weighted by Gasteiger charge is 2.22. The van der Waals surface area contributed by atoms with Gasteiger partial charge in [0.15, 0.2) is 0 Å². The van der Waals surface area contributed by atoms with Gasteiger partial charge < -0.3 is 10.2 Å². The van der Waals surface area contributed by atoms with E-state index in [1.807, 2.05) is 0 Å². The van der Waals surface area contributed by atoms with Gasteiger partial charge in [-0.15, -0.1) is 12.4 Å². The summed E-state index contributed by atoms with van der Waals surface area (Å²) in [4.78, 5) is 4.86. The number of piperazine rings is 1. The fourth-order valence-electron chi connectivity index (χ4n) is 3.48. The van der Waals surface area contributed by atoms with Crippen molar-refractivity contribution in [1.82, 2.24) is 15.1 Å². The Balaban J connectivity index is 0.00000192. The Hall–Kier alpha value is -0.390. The zero-order valence-corrected chi connectivity index (χ0v) is 15.0. The van der Waals surface area contributed by atoms with Crippen LogP contribution >= 0.6 is 24.0 Å². The molecule has 1 aromatic rings. The molecule has 6 heteroatoms. The van der Waals surface area contributed by atoms with Gasteiger partial charge in [-0.05, 0) is 44.0 Å². The molecule has 0 saturated carbocycles. The molecular weight excluding hydrogens is 336 g/mol. The second-order valence-electron chi connectivity index (χ2n) is 6.49. The predicted molar refractivity (Wildman–Crippen MR) is 96.0 cm³/mol. The largest absolute Gasteiger partial charge is 0.316 e. The first-order chi connectivity index (χ1) is 10.7. The summed E-state index contributed by atoms with van der Waals surface area (Å²) in [5.41, 5.74) is 0.633. The van der Waals surface area contributed by atoms with Crippen molar-refractivity contribution in [2.75, 3.05) is 45.8 Å². The molecule has 2 aliphatic rings. The van der Waals surface area contributed by atoms with E-state index in [1.165, 1.54) is 32.0 Å². The minimum Gasteiger partial charge on any atom is -0.316 e. The summed E-state index contributed by atoms with van der Waals surface area (Å²) >= 11 is 6.12. The summed E-state index contributed by atoms with van der Waals surface area (Å²) in [7, 11) is 0. The van der Waals surface area contributed by atoms with Gasteiger partial charge in [0.25, 0.3) is 0 Å². The maximum absolute atomic E-state index is 13.9. The highest BCUT2D eigenvalue weighted by molar-refractivity contribution is 6.31. The Morgan fingerprint density at radius 3 is 2.57 bits per heavy atom. The third kappa shape index (κ3) is 5.30. The SMILES string of the molecule is Cl.Fc1cccc(Cl)c1CN1CCN(CC2CCCNC2)CC1. The van der Waals surface area contributed by atoms with Crippen LogP contribution in [0.25, 0.3) is 0 Å². The van der Waals surface area contributed by atoms with Crippen molar-refractivity contribution in [2.24, 2.45) is 5.92 Å². The Morgan fingerprint density at radius 2 is 1.91 bits per heavy atom. The highest BCUT2D eigenvalue weighted by atomic mass is 35.5. The molecule has 1 aromatic carbocycles. The number of halogens is 3. The fourth-order valence-corrected chi connectivity index (χ4v) is 3.70. The quantitative estimate of drug-likeness (QED) is 0.888. The normalized spacial score (nSPS) is 23.5. The van der Waals surface area contributed by atoms with Crippen LogP contribution in [-0.2, 0) is 6.54 Å². The van der Waals surface area contributed by atoms with Crippen LogP contribution in [0.5, 0.6) is 0 Å². The van der Waals surface area contributed by atoms with E-state index in [0.717, 1.165) is 38.6 Å². The standard InChI is InChI=1S/C17H25ClFN3.ClH/c18-16-4-1-5-17(19)15(16)13-22-9-7-21(8-10-22)12-14-3-2-6-20-11-14;/h1,4-5,14,20H,2-3,6-13H2;1H. The summed E-state index contributed by atoms with van der Waals surface area (Å²) < 4.78 is 13.9. The van der Waals surface area contributed by atoms with Gasteiger partial charge in [-0.2, -0.15) is 0 Å². The summed E-state index contributed by atoms with van der Waals surface area (Å²) in [6.07, 6.45) is 2.65. The molecular formula is C17H26Cl2FN3. The lowest BCUT2D eigenvalue weighted by atomic mass is 9.99. The van der Waals surface area contributed by atoms with Gasteiger partial charge in [0.1, 0.15) is 5.82 Å². The molecule has 2 aliphatic heterocycles. The maximum atomic E-state index is 13.9. The number of piperidine rings is 1. The molecule has 2 fully saturated rings. The van der Waals surface area contributed by atoms with Gasteiger partial charge in [-0.1, -0.05) is 17.7 Å². The van der Waals surface area contributed by atoms with Crippen molar-refractivity contribution in [3.63, 3.8) is 0 Å². The Labute approximate surface area is 149 Å². The van der Waals surface area contributed by atoms with E-state index in [2.05, 4.69) is 15.1 Å². The van der Waals surface area contributed by atoms with E-state index < -0.39 is 0 Å². The highest BCUT2D eigenvalue weighted by Crippen LogP contribution is 2.21. The van der Waals surface area contributed by atoms with E-state index in [1.54, 1.807) is 12.1 Å². The maximum Gasteiger partial charge on any atom is 0.129 e. The van der Waals surface area contributed by atoms with E-state index >= 15 is 0 Å². The van der Waals surface area contributed by atoms with Crippen LogP contribution in [0.1, 0.15) is 18.4 Å². The van der Waals surface area contributed by atoms with Crippen molar-refractivity contribution in [2.45, 2.75) is 19.4 Å². The van der Waals surface area contributed by atoms with Crippen LogP contribution in [0.15, 0.2) is 18.2 Å². The van der Waals surface area contributed by atoms with E-state index in [0.29, 0.717) is 17.1 Å². The lowest BCUT2D eigenvalue weighted by Crippen LogP contribution is -2.48. The number of benzene rings is 1. The molecule has 0 spiro atoms. The van der Waals surface area contributed by atoms with Gasteiger partial charge in [-0.25, -0.2) is 4.39 Å². The first kappa shape index (κ1) is 18.9. The molecule has 1 unspecified atom stereocenters. The van der Waals surface area contributed by atoms with Gasteiger partial charge in [0, 0.05) is 49.9 Å². The molecule has 130 valence electrons. The minimum atomic E-state index is -0.191. The first-order valence-electron chi connectivity index (χ1n) is 8.30. The fraction of sp³-hybridized carbons (Fsp3) is 0.647. The summed E-state index contributed by atoms with van der Waals surface area (Å²) in [5.74, 6) is 0.601. The summed E-state index contributed by atoms with van der Waals surface area (Å²) in [6, 6.07) is 4.93. The number of nitrogens with zero attached hydrogens (tertiary/aromatic N) is 2. The molecule has 1 N–H and O–H groups in total. The van der Waals surface area contributed by atoms with Crippen LogP contribution in [0.3, 0.4) is 0 Å². The lowest BCUT2D eigenvalue weighted by molar-refractivity contribution is 0.107. The van der Waals surface area contributed by atoms with Crippen molar-refractivity contribution >= 4 is 24.0 Å².